The maximum absolute atomic E-state index is 11.0. The standard InChI is InChI=1S/C16H24N6O2S.HI/c1-17-16(18-9-10-21-25(2,23)24)19-12-14-6-3-4-7-15(14)13-22-11-5-8-20-22;/h3-8,11,21H,9-10,12-13H2,1-2H3,(H2,17,18,19);1H. The van der Waals surface area contributed by atoms with Gasteiger partial charge in [-0.15, -0.1) is 24.0 Å². The second-order valence-corrected chi connectivity index (χ2v) is 7.32. The van der Waals surface area contributed by atoms with E-state index in [0.717, 1.165) is 11.8 Å². The molecule has 8 nitrogen and oxygen atoms in total. The zero-order chi connectivity index (χ0) is 18.1. The van der Waals surface area contributed by atoms with Gasteiger partial charge >= 0.3 is 0 Å². The van der Waals surface area contributed by atoms with Crippen LogP contribution in [0.5, 0.6) is 0 Å². The average molecular weight is 492 g/mol. The molecule has 0 saturated heterocycles. The van der Waals surface area contributed by atoms with E-state index < -0.39 is 10.0 Å². The molecule has 1 aromatic carbocycles. The summed E-state index contributed by atoms with van der Waals surface area (Å²) < 4.78 is 26.4. The lowest BCUT2D eigenvalue weighted by Crippen LogP contribution is -2.41. The van der Waals surface area contributed by atoms with Gasteiger partial charge < -0.3 is 10.6 Å². The van der Waals surface area contributed by atoms with Gasteiger partial charge in [0.1, 0.15) is 0 Å². The van der Waals surface area contributed by atoms with Crippen LogP contribution in [0.15, 0.2) is 47.7 Å². The molecule has 3 N–H and O–H groups in total. The Labute approximate surface area is 171 Å². The molecule has 0 fully saturated rings. The van der Waals surface area contributed by atoms with Crippen molar-refractivity contribution in [3.05, 3.63) is 53.9 Å². The summed E-state index contributed by atoms with van der Waals surface area (Å²) >= 11 is 0. The van der Waals surface area contributed by atoms with E-state index in [1.165, 1.54) is 5.56 Å². The van der Waals surface area contributed by atoms with Crippen molar-refractivity contribution in [3.63, 3.8) is 0 Å². The molecule has 1 heterocycles. The van der Waals surface area contributed by atoms with Crippen LogP contribution in [-0.4, -0.2) is 50.6 Å². The minimum absolute atomic E-state index is 0. The molecular formula is C16H25IN6O2S. The fourth-order valence-corrected chi connectivity index (χ4v) is 2.74. The third-order valence-electron chi connectivity index (χ3n) is 3.46. The van der Waals surface area contributed by atoms with Crippen molar-refractivity contribution in [1.82, 2.24) is 25.1 Å². The minimum Gasteiger partial charge on any atom is -0.355 e. The van der Waals surface area contributed by atoms with E-state index in [0.29, 0.717) is 32.1 Å². The maximum Gasteiger partial charge on any atom is 0.208 e. The Morgan fingerprint density at radius 3 is 2.50 bits per heavy atom. The Morgan fingerprint density at radius 1 is 1.15 bits per heavy atom. The van der Waals surface area contributed by atoms with Gasteiger partial charge in [0.15, 0.2) is 5.96 Å². The molecule has 10 heteroatoms. The monoisotopic (exact) mass is 492 g/mol. The van der Waals surface area contributed by atoms with E-state index in [1.807, 2.05) is 29.1 Å². The van der Waals surface area contributed by atoms with Gasteiger partial charge in [-0.25, -0.2) is 13.1 Å². The molecule has 0 unspecified atom stereocenters. The molecule has 0 saturated carbocycles. The Bertz CT molecular complexity index is 793. The highest BCUT2D eigenvalue weighted by Gasteiger charge is 2.05. The van der Waals surface area contributed by atoms with Crippen molar-refractivity contribution in [2.24, 2.45) is 4.99 Å². The van der Waals surface area contributed by atoms with E-state index >= 15 is 0 Å². The van der Waals surface area contributed by atoms with Crippen molar-refractivity contribution in [3.8, 4) is 0 Å². The minimum atomic E-state index is -3.17. The Balaban J connectivity index is 0.00000338. The van der Waals surface area contributed by atoms with Crippen LogP contribution in [0.4, 0.5) is 0 Å². The summed E-state index contributed by atoms with van der Waals surface area (Å²) in [5.74, 6) is 0.615. The second-order valence-electron chi connectivity index (χ2n) is 5.49. The van der Waals surface area contributed by atoms with Gasteiger partial charge in [-0.1, -0.05) is 24.3 Å². The third-order valence-corrected chi connectivity index (χ3v) is 4.19. The van der Waals surface area contributed by atoms with Crippen LogP contribution in [0.25, 0.3) is 0 Å². The lowest BCUT2D eigenvalue weighted by molar-refractivity contribution is 0.586. The van der Waals surface area contributed by atoms with E-state index in [9.17, 15) is 8.42 Å². The van der Waals surface area contributed by atoms with Gasteiger partial charge in [-0.3, -0.25) is 9.67 Å². The van der Waals surface area contributed by atoms with Gasteiger partial charge in [0, 0.05) is 39.1 Å². The number of nitrogens with one attached hydrogen (secondary N) is 3. The quantitative estimate of drug-likeness (QED) is 0.219. The topological polar surface area (TPSA) is 100 Å². The molecular weight excluding hydrogens is 467 g/mol. The van der Waals surface area contributed by atoms with E-state index in [2.05, 4.69) is 37.6 Å². The number of hydrogen-bond donors (Lipinski definition) is 3. The van der Waals surface area contributed by atoms with Crippen LogP contribution in [-0.2, 0) is 23.1 Å². The molecule has 144 valence electrons. The summed E-state index contributed by atoms with van der Waals surface area (Å²) in [6, 6.07) is 10.0. The molecule has 0 amide bonds. The molecule has 2 aromatic rings. The Kier molecular flexibility index (Phi) is 9.59. The van der Waals surface area contributed by atoms with Crippen LogP contribution in [0.2, 0.25) is 0 Å². The van der Waals surface area contributed by atoms with Crippen molar-refractivity contribution >= 4 is 40.0 Å². The van der Waals surface area contributed by atoms with Crippen LogP contribution in [0.3, 0.4) is 0 Å². The van der Waals surface area contributed by atoms with Gasteiger partial charge in [-0.2, -0.15) is 5.10 Å². The molecule has 26 heavy (non-hydrogen) atoms. The molecule has 0 radical (unpaired) electrons. The predicted octanol–water partition coefficient (Wildman–Crippen LogP) is 0.764. The molecule has 0 spiro atoms. The lowest BCUT2D eigenvalue weighted by Gasteiger charge is -2.14. The van der Waals surface area contributed by atoms with Crippen LogP contribution in [0, 0.1) is 0 Å². The van der Waals surface area contributed by atoms with Crippen molar-refractivity contribution < 1.29 is 8.42 Å². The summed E-state index contributed by atoms with van der Waals surface area (Å²) in [5.41, 5.74) is 2.32. The molecule has 0 atom stereocenters. The highest BCUT2D eigenvalue weighted by molar-refractivity contribution is 14.0. The number of aromatic nitrogens is 2. The van der Waals surface area contributed by atoms with E-state index in [-0.39, 0.29) is 24.0 Å². The van der Waals surface area contributed by atoms with Crippen LogP contribution in [0.1, 0.15) is 11.1 Å². The van der Waals surface area contributed by atoms with Gasteiger partial charge in [0.2, 0.25) is 10.0 Å². The summed E-state index contributed by atoms with van der Waals surface area (Å²) in [5, 5.41) is 10.5. The maximum atomic E-state index is 11.0. The van der Waals surface area contributed by atoms with Gasteiger partial charge in [0.25, 0.3) is 0 Å². The first-order chi connectivity index (χ1) is 12.0. The highest BCUT2D eigenvalue weighted by atomic mass is 127. The number of benzene rings is 1. The number of nitrogens with zero attached hydrogens (tertiary/aromatic N) is 3. The van der Waals surface area contributed by atoms with Gasteiger partial charge in [-0.05, 0) is 17.2 Å². The zero-order valence-corrected chi connectivity index (χ0v) is 18.0. The zero-order valence-electron chi connectivity index (χ0n) is 14.8. The smallest absolute Gasteiger partial charge is 0.208 e. The largest absolute Gasteiger partial charge is 0.355 e. The Hall–Kier alpha value is -1.66. The number of rotatable bonds is 8. The van der Waals surface area contributed by atoms with Crippen molar-refractivity contribution in [2.45, 2.75) is 13.1 Å². The normalized spacial score (nSPS) is 11.7. The van der Waals surface area contributed by atoms with Crippen molar-refractivity contribution in [1.29, 1.82) is 0 Å². The van der Waals surface area contributed by atoms with E-state index in [1.54, 1.807) is 13.2 Å². The second kappa shape index (κ2) is 11.1. The summed E-state index contributed by atoms with van der Waals surface area (Å²) in [6.45, 7) is 2.06. The number of halogens is 1. The molecule has 0 aliphatic heterocycles. The number of hydrogen-bond acceptors (Lipinski definition) is 4. The van der Waals surface area contributed by atoms with Crippen molar-refractivity contribution in [2.75, 3.05) is 26.4 Å². The molecule has 0 bridgehead atoms. The first kappa shape index (κ1) is 22.4. The van der Waals surface area contributed by atoms with E-state index in [4.69, 9.17) is 0 Å². The number of sulfonamides is 1. The summed E-state index contributed by atoms with van der Waals surface area (Å²) in [7, 11) is -1.50. The highest BCUT2D eigenvalue weighted by Crippen LogP contribution is 2.10. The molecule has 1 aromatic heterocycles. The molecule has 0 aliphatic rings. The third kappa shape index (κ3) is 8.15. The SMILES string of the molecule is CN=C(NCCNS(C)(=O)=O)NCc1ccccc1Cn1cccn1.I. The Morgan fingerprint density at radius 2 is 1.88 bits per heavy atom. The average Bonchev–Trinajstić information content (AvgIpc) is 3.07. The summed E-state index contributed by atoms with van der Waals surface area (Å²) in [4.78, 5) is 4.14. The molecule has 0 aliphatic carbocycles. The predicted molar refractivity (Wildman–Crippen MR) is 114 cm³/mol. The first-order valence-electron chi connectivity index (χ1n) is 7.91. The lowest BCUT2D eigenvalue weighted by atomic mass is 10.1. The first-order valence-corrected chi connectivity index (χ1v) is 9.80. The van der Waals surface area contributed by atoms with Crippen LogP contribution < -0.4 is 15.4 Å². The number of aliphatic imine (C=N–C) groups is 1. The summed E-state index contributed by atoms with van der Waals surface area (Å²) in [6.07, 6.45) is 4.83. The number of guanidine groups is 1. The van der Waals surface area contributed by atoms with Gasteiger partial charge in [0.05, 0.1) is 12.8 Å². The van der Waals surface area contributed by atoms with Crippen LogP contribution >= 0.6 is 24.0 Å². The molecule has 2 rings (SSSR count). The fraction of sp³-hybridized carbons (Fsp3) is 0.375. The fourth-order valence-electron chi connectivity index (χ4n) is 2.27.